The molecule has 0 aromatic heterocycles. The van der Waals surface area contributed by atoms with Crippen molar-refractivity contribution in [3.05, 3.63) is 23.8 Å². The Bertz CT molecular complexity index is 577. The van der Waals surface area contributed by atoms with Gasteiger partial charge in [0.25, 0.3) is 0 Å². The Hall–Kier alpha value is -1.07. The molecule has 0 bridgehead atoms. The van der Waals surface area contributed by atoms with Crippen LogP contribution < -0.4 is 5.32 Å². The smallest absolute Gasteiger partial charge is 0.243 e. The monoisotopic (exact) mass is 280 g/mol. The SMILES string of the molecule is CN(C1CCCC1)S(=O)(=O)c1ccc2c(c1)NCC2. The van der Waals surface area contributed by atoms with Crippen LogP contribution in [0.4, 0.5) is 5.69 Å². The second-order valence-electron chi connectivity index (χ2n) is 5.46. The molecular formula is C14H20N2O2S. The van der Waals surface area contributed by atoms with Gasteiger partial charge in [0.15, 0.2) is 0 Å². The van der Waals surface area contributed by atoms with E-state index in [2.05, 4.69) is 5.32 Å². The summed E-state index contributed by atoms with van der Waals surface area (Å²) < 4.78 is 26.8. The summed E-state index contributed by atoms with van der Waals surface area (Å²) in [6.45, 7) is 0.900. The molecule has 1 aliphatic carbocycles. The molecule has 1 aromatic carbocycles. The van der Waals surface area contributed by atoms with Gasteiger partial charge in [-0.05, 0) is 37.0 Å². The maximum atomic E-state index is 12.6. The zero-order valence-corrected chi connectivity index (χ0v) is 12.0. The second kappa shape index (κ2) is 4.80. The minimum atomic E-state index is -3.35. The van der Waals surface area contributed by atoms with Crippen molar-refractivity contribution in [2.75, 3.05) is 18.9 Å². The standard InChI is InChI=1S/C14H20N2O2S/c1-16(12-4-2-3-5-12)19(17,18)13-7-6-11-8-9-15-14(11)10-13/h6-7,10,12,15H,2-5,8-9H2,1H3. The van der Waals surface area contributed by atoms with Crippen molar-refractivity contribution in [3.8, 4) is 0 Å². The van der Waals surface area contributed by atoms with Crippen LogP contribution in [0, 0.1) is 0 Å². The largest absolute Gasteiger partial charge is 0.384 e. The van der Waals surface area contributed by atoms with Crippen LogP contribution in [-0.4, -0.2) is 32.4 Å². The predicted molar refractivity (Wildman–Crippen MR) is 75.8 cm³/mol. The van der Waals surface area contributed by atoms with E-state index in [9.17, 15) is 8.42 Å². The molecule has 3 rings (SSSR count). The molecule has 0 spiro atoms. The van der Waals surface area contributed by atoms with E-state index in [-0.39, 0.29) is 6.04 Å². The van der Waals surface area contributed by atoms with E-state index in [1.165, 1.54) is 5.56 Å². The van der Waals surface area contributed by atoms with Crippen LogP contribution in [0.3, 0.4) is 0 Å². The lowest BCUT2D eigenvalue weighted by molar-refractivity contribution is 0.373. The molecule has 1 N–H and O–H groups in total. The highest BCUT2D eigenvalue weighted by molar-refractivity contribution is 7.89. The highest BCUT2D eigenvalue weighted by Crippen LogP contribution is 2.30. The summed E-state index contributed by atoms with van der Waals surface area (Å²) in [4.78, 5) is 0.412. The van der Waals surface area contributed by atoms with Gasteiger partial charge in [0, 0.05) is 25.3 Å². The maximum Gasteiger partial charge on any atom is 0.243 e. The highest BCUT2D eigenvalue weighted by atomic mass is 32.2. The van der Waals surface area contributed by atoms with Crippen LogP contribution in [0.2, 0.25) is 0 Å². The molecule has 1 fully saturated rings. The molecule has 1 aromatic rings. The van der Waals surface area contributed by atoms with E-state index in [0.717, 1.165) is 44.3 Å². The Morgan fingerprint density at radius 1 is 1.26 bits per heavy atom. The Morgan fingerprint density at radius 3 is 2.74 bits per heavy atom. The Labute approximate surface area is 114 Å². The summed E-state index contributed by atoms with van der Waals surface area (Å²) in [5.74, 6) is 0. The van der Waals surface area contributed by atoms with Crippen molar-refractivity contribution in [2.45, 2.75) is 43.0 Å². The zero-order chi connectivity index (χ0) is 13.5. The molecule has 19 heavy (non-hydrogen) atoms. The third-order valence-electron chi connectivity index (χ3n) is 4.31. The lowest BCUT2D eigenvalue weighted by atomic mass is 10.2. The van der Waals surface area contributed by atoms with Gasteiger partial charge < -0.3 is 5.32 Å². The van der Waals surface area contributed by atoms with Crippen LogP contribution in [0.25, 0.3) is 0 Å². The lowest BCUT2D eigenvalue weighted by Gasteiger charge is -2.23. The first-order valence-corrected chi connectivity index (χ1v) is 8.38. The first-order chi connectivity index (χ1) is 9.09. The molecule has 0 saturated heterocycles. The Balaban J connectivity index is 1.91. The number of sulfonamides is 1. The summed E-state index contributed by atoms with van der Waals surface area (Å²) >= 11 is 0. The molecule has 1 saturated carbocycles. The van der Waals surface area contributed by atoms with Crippen LogP contribution >= 0.6 is 0 Å². The van der Waals surface area contributed by atoms with Gasteiger partial charge in [-0.15, -0.1) is 0 Å². The summed E-state index contributed by atoms with van der Waals surface area (Å²) in [6, 6.07) is 5.63. The molecule has 0 atom stereocenters. The van der Waals surface area contributed by atoms with Crippen LogP contribution in [-0.2, 0) is 16.4 Å². The fourth-order valence-electron chi connectivity index (χ4n) is 3.06. The van der Waals surface area contributed by atoms with Gasteiger partial charge in [0.05, 0.1) is 4.90 Å². The number of benzene rings is 1. The van der Waals surface area contributed by atoms with Gasteiger partial charge in [0.2, 0.25) is 10.0 Å². The Morgan fingerprint density at radius 2 is 2.00 bits per heavy atom. The van der Waals surface area contributed by atoms with Gasteiger partial charge in [-0.3, -0.25) is 0 Å². The summed E-state index contributed by atoms with van der Waals surface area (Å²) in [7, 11) is -1.64. The third kappa shape index (κ3) is 2.25. The fraction of sp³-hybridized carbons (Fsp3) is 0.571. The second-order valence-corrected chi connectivity index (χ2v) is 7.45. The Kier molecular flexibility index (Phi) is 3.27. The molecule has 104 valence electrons. The molecule has 0 radical (unpaired) electrons. The van der Waals surface area contributed by atoms with Gasteiger partial charge in [0.1, 0.15) is 0 Å². The summed E-state index contributed by atoms with van der Waals surface area (Å²) in [5.41, 5.74) is 2.18. The molecule has 1 aliphatic heterocycles. The van der Waals surface area contributed by atoms with Crippen molar-refractivity contribution in [3.63, 3.8) is 0 Å². The molecule has 1 heterocycles. The maximum absolute atomic E-state index is 12.6. The van der Waals surface area contributed by atoms with Crippen molar-refractivity contribution in [1.82, 2.24) is 4.31 Å². The van der Waals surface area contributed by atoms with Crippen molar-refractivity contribution >= 4 is 15.7 Å². The van der Waals surface area contributed by atoms with E-state index in [0.29, 0.717) is 4.90 Å². The van der Waals surface area contributed by atoms with Crippen LogP contribution in [0.5, 0.6) is 0 Å². The zero-order valence-electron chi connectivity index (χ0n) is 11.2. The van der Waals surface area contributed by atoms with Gasteiger partial charge in [-0.2, -0.15) is 4.31 Å². The number of hydrogen-bond acceptors (Lipinski definition) is 3. The number of fused-ring (bicyclic) bond motifs is 1. The average Bonchev–Trinajstić information content (AvgIpc) is 3.07. The first kappa shape index (κ1) is 12.9. The van der Waals surface area contributed by atoms with Crippen LogP contribution in [0.15, 0.2) is 23.1 Å². The minimum Gasteiger partial charge on any atom is -0.384 e. The van der Waals surface area contributed by atoms with E-state index in [4.69, 9.17) is 0 Å². The van der Waals surface area contributed by atoms with E-state index in [1.54, 1.807) is 23.5 Å². The normalized spacial score (nSPS) is 19.7. The topological polar surface area (TPSA) is 49.4 Å². The van der Waals surface area contributed by atoms with Crippen molar-refractivity contribution in [2.24, 2.45) is 0 Å². The molecule has 5 heteroatoms. The molecule has 0 amide bonds. The molecule has 2 aliphatic rings. The van der Waals surface area contributed by atoms with Gasteiger partial charge >= 0.3 is 0 Å². The number of rotatable bonds is 3. The average molecular weight is 280 g/mol. The first-order valence-electron chi connectivity index (χ1n) is 6.94. The van der Waals surface area contributed by atoms with Crippen LogP contribution in [0.1, 0.15) is 31.2 Å². The highest BCUT2D eigenvalue weighted by Gasteiger charge is 2.30. The van der Waals surface area contributed by atoms with Gasteiger partial charge in [-0.25, -0.2) is 8.42 Å². The number of hydrogen-bond donors (Lipinski definition) is 1. The molecule has 0 unspecified atom stereocenters. The third-order valence-corrected chi connectivity index (χ3v) is 6.21. The van der Waals surface area contributed by atoms with Crippen molar-refractivity contribution < 1.29 is 8.42 Å². The van der Waals surface area contributed by atoms with E-state index in [1.807, 2.05) is 6.07 Å². The predicted octanol–water partition coefficient (Wildman–Crippen LogP) is 2.22. The van der Waals surface area contributed by atoms with Crippen molar-refractivity contribution in [1.29, 1.82) is 0 Å². The summed E-state index contributed by atoms with van der Waals surface area (Å²) in [6.07, 6.45) is 5.22. The van der Waals surface area contributed by atoms with E-state index >= 15 is 0 Å². The fourth-order valence-corrected chi connectivity index (χ4v) is 4.50. The molecule has 4 nitrogen and oxygen atoms in total. The number of nitrogens with one attached hydrogen (secondary N) is 1. The quantitative estimate of drug-likeness (QED) is 0.923. The summed E-state index contributed by atoms with van der Waals surface area (Å²) in [5, 5.41) is 3.24. The molecular weight excluding hydrogens is 260 g/mol. The number of anilines is 1. The minimum absolute atomic E-state index is 0.172. The van der Waals surface area contributed by atoms with Gasteiger partial charge in [-0.1, -0.05) is 18.9 Å². The van der Waals surface area contributed by atoms with E-state index < -0.39 is 10.0 Å². The number of nitrogens with zero attached hydrogens (tertiary/aromatic N) is 1. The lowest BCUT2D eigenvalue weighted by Crippen LogP contribution is -2.35.